The van der Waals surface area contributed by atoms with Crippen molar-refractivity contribution in [1.29, 1.82) is 0 Å². The number of aromatic amines is 1. The molecule has 0 aliphatic carbocycles. The monoisotopic (exact) mass is 223 g/mol. The van der Waals surface area contributed by atoms with Crippen LogP contribution < -0.4 is 21.8 Å². The molecule has 8 heteroatoms. The van der Waals surface area contributed by atoms with Crippen LogP contribution in [0.5, 0.6) is 5.88 Å². The minimum absolute atomic E-state index is 0.0908. The van der Waals surface area contributed by atoms with Crippen LogP contribution >= 0.6 is 0 Å². The summed E-state index contributed by atoms with van der Waals surface area (Å²) in [5.41, 5.74) is 9.46. The molecule has 84 valence electrons. The van der Waals surface area contributed by atoms with Crippen molar-refractivity contribution < 1.29 is 17.9 Å². The Bertz CT molecular complexity index is 413. The van der Waals surface area contributed by atoms with Crippen molar-refractivity contribution in [1.82, 2.24) is 4.98 Å². The number of hydrogen-bond donors (Lipinski definition) is 3. The van der Waals surface area contributed by atoms with E-state index in [4.69, 9.17) is 11.5 Å². The molecule has 5 N–H and O–H groups in total. The van der Waals surface area contributed by atoms with Gasteiger partial charge in [0.1, 0.15) is 0 Å². The summed E-state index contributed by atoms with van der Waals surface area (Å²) >= 11 is 0. The first-order valence-electron chi connectivity index (χ1n) is 3.81. The van der Waals surface area contributed by atoms with E-state index in [1.165, 1.54) is 0 Å². The molecule has 5 nitrogen and oxygen atoms in total. The van der Waals surface area contributed by atoms with Crippen LogP contribution in [0.1, 0.15) is 5.56 Å². The zero-order valence-corrected chi connectivity index (χ0v) is 7.39. The van der Waals surface area contributed by atoms with Gasteiger partial charge in [0.25, 0.3) is 5.56 Å². The zero-order chi connectivity index (χ0) is 11.6. The fraction of sp³-hybridized carbons (Fsp3) is 0.286. The molecule has 0 aliphatic heterocycles. The van der Waals surface area contributed by atoms with Crippen molar-refractivity contribution >= 4 is 5.69 Å². The number of aromatic nitrogens is 1. The maximum atomic E-state index is 11.9. The highest BCUT2D eigenvalue weighted by Gasteiger charge is 2.32. The first-order chi connectivity index (χ1) is 6.83. The van der Waals surface area contributed by atoms with Crippen molar-refractivity contribution in [2.24, 2.45) is 5.73 Å². The second-order valence-corrected chi connectivity index (χ2v) is 2.65. The Morgan fingerprint density at radius 1 is 1.47 bits per heavy atom. The standard InChI is InChI=1S/C7H8F3N3O2/c8-7(9,10)15-6-3(2-11)4(12)1-5(14)13-6/h1H,2,11H2,(H3,12,13,14). The number of pyridine rings is 1. The number of alkyl halides is 3. The van der Waals surface area contributed by atoms with Crippen LogP contribution in [0.15, 0.2) is 10.9 Å². The van der Waals surface area contributed by atoms with Crippen molar-refractivity contribution in [3.63, 3.8) is 0 Å². The molecule has 0 amide bonds. The molecule has 1 aromatic heterocycles. The van der Waals surface area contributed by atoms with E-state index in [1.807, 2.05) is 4.98 Å². The highest BCUT2D eigenvalue weighted by molar-refractivity contribution is 5.50. The Morgan fingerprint density at radius 3 is 2.53 bits per heavy atom. The lowest BCUT2D eigenvalue weighted by Crippen LogP contribution is -2.23. The summed E-state index contributed by atoms with van der Waals surface area (Å²) in [7, 11) is 0. The topological polar surface area (TPSA) is 94.1 Å². The summed E-state index contributed by atoms with van der Waals surface area (Å²) in [5, 5.41) is 0. The second kappa shape index (κ2) is 3.81. The van der Waals surface area contributed by atoms with E-state index in [2.05, 4.69) is 4.74 Å². The van der Waals surface area contributed by atoms with E-state index in [0.29, 0.717) is 0 Å². The molecule has 0 spiro atoms. The molecular formula is C7H8F3N3O2. The Hall–Kier alpha value is -1.70. The Kier molecular flexibility index (Phi) is 2.89. The number of halogens is 3. The van der Waals surface area contributed by atoms with Gasteiger partial charge in [-0.25, -0.2) is 0 Å². The summed E-state index contributed by atoms with van der Waals surface area (Å²) in [6.07, 6.45) is -4.90. The molecule has 1 heterocycles. The molecule has 0 saturated heterocycles. The van der Waals surface area contributed by atoms with Crippen LogP contribution in [0.2, 0.25) is 0 Å². The molecule has 0 unspecified atom stereocenters. The normalized spacial score (nSPS) is 11.5. The molecule has 0 aliphatic rings. The Balaban J connectivity index is 3.21. The fourth-order valence-corrected chi connectivity index (χ4v) is 0.996. The van der Waals surface area contributed by atoms with Gasteiger partial charge in [0.05, 0.1) is 0 Å². The van der Waals surface area contributed by atoms with E-state index in [-0.39, 0.29) is 17.8 Å². The van der Waals surface area contributed by atoms with Crippen LogP contribution in [0.4, 0.5) is 18.9 Å². The second-order valence-electron chi connectivity index (χ2n) is 2.65. The van der Waals surface area contributed by atoms with Gasteiger partial charge in [-0.15, -0.1) is 13.2 Å². The minimum atomic E-state index is -4.90. The largest absolute Gasteiger partial charge is 0.574 e. The molecule has 1 rings (SSSR count). The number of ether oxygens (including phenoxy) is 1. The molecule has 0 atom stereocenters. The summed E-state index contributed by atoms with van der Waals surface area (Å²) < 4.78 is 39.3. The Labute approximate surface area is 81.8 Å². The third-order valence-electron chi connectivity index (χ3n) is 1.57. The van der Waals surface area contributed by atoms with E-state index >= 15 is 0 Å². The van der Waals surface area contributed by atoms with E-state index in [1.54, 1.807) is 0 Å². The van der Waals surface area contributed by atoms with Gasteiger partial charge in [-0.1, -0.05) is 0 Å². The number of anilines is 1. The van der Waals surface area contributed by atoms with Gasteiger partial charge < -0.3 is 16.2 Å². The van der Waals surface area contributed by atoms with Gasteiger partial charge >= 0.3 is 6.36 Å². The Morgan fingerprint density at radius 2 is 2.07 bits per heavy atom. The summed E-state index contributed by atoms with van der Waals surface area (Å²) in [6, 6.07) is 0.936. The van der Waals surface area contributed by atoms with Crippen molar-refractivity contribution in [3.05, 3.63) is 22.0 Å². The predicted molar refractivity (Wildman–Crippen MR) is 46.0 cm³/mol. The molecule has 0 bridgehead atoms. The molecule has 0 fully saturated rings. The molecule has 15 heavy (non-hydrogen) atoms. The molecular weight excluding hydrogens is 215 g/mol. The van der Waals surface area contributed by atoms with Crippen LogP contribution in [0.3, 0.4) is 0 Å². The van der Waals surface area contributed by atoms with Crippen LogP contribution in [0, 0.1) is 0 Å². The minimum Gasteiger partial charge on any atom is -0.398 e. The van der Waals surface area contributed by atoms with Gasteiger partial charge in [-0.2, -0.15) is 0 Å². The maximum Gasteiger partial charge on any atom is 0.574 e. The third kappa shape index (κ3) is 2.88. The lowest BCUT2D eigenvalue weighted by molar-refractivity contribution is -0.276. The number of nitrogen functional groups attached to an aromatic ring is 1. The molecule has 0 aromatic carbocycles. The lowest BCUT2D eigenvalue weighted by atomic mass is 10.2. The van der Waals surface area contributed by atoms with Gasteiger partial charge in [0, 0.05) is 23.9 Å². The summed E-state index contributed by atoms with van der Waals surface area (Å²) in [4.78, 5) is 12.7. The lowest BCUT2D eigenvalue weighted by Gasteiger charge is -2.12. The molecule has 1 aromatic rings. The van der Waals surface area contributed by atoms with Crippen molar-refractivity contribution in [3.8, 4) is 5.88 Å². The highest BCUT2D eigenvalue weighted by Crippen LogP contribution is 2.25. The maximum absolute atomic E-state index is 11.9. The quantitative estimate of drug-likeness (QED) is 0.672. The SMILES string of the molecule is NCc1c(N)cc(=O)[nH]c1OC(F)(F)F. The number of rotatable bonds is 2. The van der Waals surface area contributed by atoms with E-state index < -0.39 is 17.8 Å². The zero-order valence-electron chi connectivity index (χ0n) is 7.39. The predicted octanol–water partition coefficient (Wildman–Crippen LogP) is 0.314. The van der Waals surface area contributed by atoms with E-state index in [0.717, 1.165) is 6.07 Å². The van der Waals surface area contributed by atoms with Crippen LogP contribution in [-0.4, -0.2) is 11.3 Å². The number of hydrogen-bond acceptors (Lipinski definition) is 4. The van der Waals surface area contributed by atoms with Gasteiger partial charge in [-0.3, -0.25) is 9.78 Å². The molecule has 0 radical (unpaired) electrons. The average Bonchev–Trinajstić information content (AvgIpc) is 1.99. The summed E-state index contributed by atoms with van der Waals surface area (Å²) in [6.45, 7) is -0.270. The summed E-state index contributed by atoms with van der Waals surface area (Å²) in [5.74, 6) is -0.769. The first kappa shape index (κ1) is 11.4. The average molecular weight is 223 g/mol. The first-order valence-corrected chi connectivity index (χ1v) is 3.81. The van der Waals surface area contributed by atoms with Crippen molar-refractivity contribution in [2.75, 3.05) is 5.73 Å². The number of nitrogens with two attached hydrogens (primary N) is 2. The number of nitrogens with one attached hydrogen (secondary N) is 1. The fourth-order valence-electron chi connectivity index (χ4n) is 0.996. The highest BCUT2D eigenvalue weighted by atomic mass is 19.4. The smallest absolute Gasteiger partial charge is 0.398 e. The van der Waals surface area contributed by atoms with E-state index in [9.17, 15) is 18.0 Å². The van der Waals surface area contributed by atoms with Gasteiger partial charge in [0.15, 0.2) is 0 Å². The van der Waals surface area contributed by atoms with Gasteiger partial charge in [0.2, 0.25) is 5.88 Å². The van der Waals surface area contributed by atoms with Gasteiger partial charge in [-0.05, 0) is 0 Å². The van der Waals surface area contributed by atoms with Crippen LogP contribution in [-0.2, 0) is 6.54 Å². The third-order valence-corrected chi connectivity index (χ3v) is 1.57. The number of H-pyrrole nitrogens is 1. The van der Waals surface area contributed by atoms with Crippen molar-refractivity contribution in [2.45, 2.75) is 12.9 Å². The van der Waals surface area contributed by atoms with Crippen LogP contribution in [0.25, 0.3) is 0 Å². The molecule has 0 saturated carbocycles.